The summed E-state index contributed by atoms with van der Waals surface area (Å²) >= 11 is 0. The summed E-state index contributed by atoms with van der Waals surface area (Å²) < 4.78 is 39.7. The van der Waals surface area contributed by atoms with E-state index in [1.54, 1.807) is 6.92 Å². The van der Waals surface area contributed by atoms with Crippen LogP contribution in [0.5, 0.6) is 0 Å². The van der Waals surface area contributed by atoms with E-state index in [9.17, 15) is 27.7 Å². The topological polar surface area (TPSA) is 113 Å². The molecule has 1 amide bonds. The highest BCUT2D eigenvalue weighted by atomic mass is 32.2. The fraction of sp³-hybridized carbons (Fsp3) is 0.350. The van der Waals surface area contributed by atoms with Crippen LogP contribution >= 0.6 is 0 Å². The van der Waals surface area contributed by atoms with Crippen LogP contribution < -0.4 is 5.32 Å². The lowest BCUT2D eigenvalue weighted by molar-refractivity contribution is -0.385. The Kier molecular flexibility index (Phi) is 6.98. The molecule has 1 fully saturated rings. The largest absolute Gasteiger partial charge is 0.351 e. The minimum absolute atomic E-state index is 0.0572. The molecule has 0 aromatic heterocycles. The van der Waals surface area contributed by atoms with Crippen molar-refractivity contribution in [2.45, 2.75) is 11.8 Å². The minimum atomic E-state index is -3.67. The Balaban J connectivity index is 1.48. The second kappa shape index (κ2) is 9.50. The van der Waals surface area contributed by atoms with Gasteiger partial charge in [0.1, 0.15) is 5.82 Å². The van der Waals surface area contributed by atoms with Crippen LogP contribution in [0.1, 0.15) is 15.9 Å². The molecule has 0 atom stereocenters. The Labute approximate surface area is 179 Å². The van der Waals surface area contributed by atoms with E-state index in [2.05, 4.69) is 5.32 Å². The van der Waals surface area contributed by atoms with Crippen molar-refractivity contribution >= 4 is 21.6 Å². The van der Waals surface area contributed by atoms with Gasteiger partial charge in [0, 0.05) is 56.5 Å². The molecule has 0 bridgehead atoms. The molecule has 9 nitrogen and oxygen atoms in total. The molecule has 2 aromatic rings. The van der Waals surface area contributed by atoms with Crippen LogP contribution in [0.25, 0.3) is 0 Å². The van der Waals surface area contributed by atoms with Crippen LogP contribution in [0.15, 0.2) is 47.4 Å². The Hall–Kier alpha value is -2.89. The van der Waals surface area contributed by atoms with Crippen molar-refractivity contribution in [3.8, 4) is 0 Å². The van der Waals surface area contributed by atoms with E-state index in [4.69, 9.17) is 0 Å². The van der Waals surface area contributed by atoms with Crippen molar-refractivity contribution in [2.75, 3.05) is 39.3 Å². The van der Waals surface area contributed by atoms with Crippen LogP contribution in [-0.2, 0) is 10.0 Å². The number of sulfonamides is 1. The normalized spacial score (nSPS) is 15.5. The number of carbonyl (C=O) groups is 1. The van der Waals surface area contributed by atoms with E-state index >= 15 is 0 Å². The third kappa shape index (κ3) is 5.43. The van der Waals surface area contributed by atoms with Crippen molar-refractivity contribution in [3.05, 3.63) is 69.5 Å². The van der Waals surface area contributed by atoms with Gasteiger partial charge in [-0.05, 0) is 37.3 Å². The molecule has 1 N–H and O–H groups in total. The molecule has 2 aromatic carbocycles. The summed E-state index contributed by atoms with van der Waals surface area (Å²) in [6, 6.07) is 9.07. The molecule has 0 saturated carbocycles. The molecule has 0 unspecified atom stereocenters. The maximum atomic E-state index is 13.0. The molecule has 31 heavy (non-hydrogen) atoms. The summed E-state index contributed by atoms with van der Waals surface area (Å²) in [5.74, 6) is -0.897. The zero-order chi connectivity index (χ0) is 22.6. The van der Waals surface area contributed by atoms with Crippen LogP contribution in [0.2, 0.25) is 0 Å². The van der Waals surface area contributed by atoms with E-state index in [-0.39, 0.29) is 29.2 Å². The van der Waals surface area contributed by atoms with Crippen molar-refractivity contribution < 1.29 is 22.5 Å². The highest BCUT2D eigenvalue weighted by Gasteiger charge is 2.28. The molecule has 0 aliphatic carbocycles. The summed E-state index contributed by atoms with van der Waals surface area (Å²) in [7, 11) is -3.67. The highest BCUT2D eigenvalue weighted by molar-refractivity contribution is 7.89. The summed E-state index contributed by atoms with van der Waals surface area (Å²) in [5.41, 5.74) is 0.591. The number of piperazine rings is 1. The van der Waals surface area contributed by atoms with Gasteiger partial charge in [0.05, 0.1) is 9.82 Å². The smallest absolute Gasteiger partial charge is 0.273 e. The van der Waals surface area contributed by atoms with Gasteiger partial charge < -0.3 is 5.32 Å². The number of aryl methyl sites for hydroxylation is 1. The number of nitrogens with one attached hydrogen (secondary N) is 1. The maximum absolute atomic E-state index is 13.0. The van der Waals surface area contributed by atoms with Gasteiger partial charge in [-0.2, -0.15) is 4.31 Å². The zero-order valence-corrected chi connectivity index (χ0v) is 17.8. The van der Waals surface area contributed by atoms with Crippen LogP contribution in [0, 0.1) is 22.9 Å². The third-order valence-corrected chi connectivity index (χ3v) is 7.08. The number of carbonyl (C=O) groups excluding carboxylic acids is 1. The molecule has 3 rings (SSSR count). The second-order valence-corrected chi connectivity index (χ2v) is 9.15. The van der Waals surface area contributed by atoms with Crippen LogP contribution in [0.4, 0.5) is 10.1 Å². The van der Waals surface area contributed by atoms with E-state index in [0.717, 1.165) is 12.1 Å². The molecule has 1 saturated heterocycles. The molecule has 1 aliphatic rings. The van der Waals surface area contributed by atoms with Crippen LogP contribution in [0.3, 0.4) is 0 Å². The first kappa shape index (κ1) is 22.8. The quantitative estimate of drug-likeness (QED) is 0.508. The van der Waals surface area contributed by atoms with Gasteiger partial charge in [-0.15, -0.1) is 0 Å². The molecule has 11 heteroatoms. The predicted octanol–water partition coefficient (Wildman–Crippen LogP) is 1.78. The molecule has 1 heterocycles. The van der Waals surface area contributed by atoms with Gasteiger partial charge in [0.25, 0.3) is 11.6 Å². The van der Waals surface area contributed by atoms with Crippen molar-refractivity contribution in [3.63, 3.8) is 0 Å². The standard InChI is InChI=1S/C20H23FN4O5S/c1-15-2-3-16(14-19(15)25(27)28)20(26)22-8-9-23-10-12-24(13-11-23)31(29,30)18-6-4-17(21)5-7-18/h2-7,14H,8-13H2,1H3,(H,22,26). The minimum Gasteiger partial charge on any atom is -0.351 e. The summed E-state index contributed by atoms with van der Waals surface area (Å²) in [4.78, 5) is 24.9. The molecule has 0 spiro atoms. The van der Waals surface area contributed by atoms with Gasteiger partial charge in [0.2, 0.25) is 10.0 Å². The van der Waals surface area contributed by atoms with E-state index in [0.29, 0.717) is 31.7 Å². The Morgan fingerprint density at radius 2 is 1.77 bits per heavy atom. The number of amides is 1. The van der Waals surface area contributed by atoms with Crippen molar-refractivity contribution in [2.24, 2.45) is 0 Å². The molecule has 1 aliphatic heterocycles. The number of benzene rings is 2. The summed E-state index contributed by atoms with van der Waals surface area (Å²) in [6.45, 7) is 4.01. The van der Waals surface area contributed by atoms with E-state index in [1.165, 1.54) is 34.6 Å². The number of rotatable bonds is 7. The first-order valence-electron chi connectivity index (χ1n) is 9.70. The van der Waals surface area contributed by atoms with Crippen molar-refractivity contribution in [1.82, 2.24) is 14.5 Å². The predicted molar refractivity (Wildman–Crippen MR) is 112 cm³/mol. The van der Waals surface area contributed by atoms with Gasteiger partial charge in [0.15, 0.2) is 0 Å². The lowest BCUT2D eigenvalue weighted by atomic mass is 10.1. The molecule has 0 radical (unpaired) electrons. The van der Waals surface area contributed by atoms with Gasteiger partial charge in [-0.25, -0.2) is 12.8 Å². The number of hydrogen-bond acceptors (Lipinski definition) is 6. The molecular weight excluding hydrogens is 427 g/mol. The number of halogens is 1. The van der Waals surface area contributed by atoms with Gasteiger partial charge >= 0.3 is 0 Å². The number of nitrogens with zero attached hydrogens (tertiary/aromatic N) is 3. The first-order chi connectivity index (χ1) is 14.7. The number of hydrogen-bond donors (Lipinski definition) is 1. The Bertz CT molecular complexity index is 1070. The summed E-state index contributed by atoms with van der Waals surface area (Å²) in [5, 5.41) is 13.8. The number of nitro groups is 1. The van der Waals surface area contributed by atoms with Crippen molar-refractivity contribution in [1.29, 1.82) is 0 Å². The Morgan fingerprint density at radius 3 is 2.39 bits per heavy atom. The van der Waals surface area contributed by atoms with Gasteiger partial charge in [-0.3, -0.25) is 19.8 Å². The monoisotopic (exact) mass is 450 g/mol. The Morgan fingerprint density at radius 1 is 1.13 bits per heavy atom. The average molecular weight is 450 g/mol. The number of nitro benzene ring substituents is 1. The summed E-state index contributed by atoms with van der Waals surface area (Å²) in [6.07, 6.45) is 0. The lowest BCUT2D eigenvalue weighted by Crippen LogP contribution is -2.50. The zero-order valence-electron chi connectivity index (χ0n) is 17.0. The van der Waals surface area contributed by atoms with Gasteiger partial charge in [-0.1, -0.05) is 6.07 Å². The maximum Gasteiger partial charge on any atom is 0.273 e. The third-order valence-electron chi connectivity index (χ3n) is 5.16. The SMILES string of the molecule is Cc1ccc(C(=O)NCCN2CCN(S(=O)(=O)c3ccc(F)cc3)CC2)cc1[N+](=O)[O-]. The average Bonchev–Trinajstić information content (AvgIpc) is 2.74. The molecule has 166 valence electrons. The second-order valence-electron chi connectivity index (χ2n) is 7.21. The highest BCUT2D eigenvalue weighted by Crippen LogP contribution is 2.20. The first-order valence-corrected chi connectivity index (χ1v) is 11.1. The fourth-order valence-corrected chi connectivity index (χ4v) is 4.75. The van der Waals surface area contributed by atoms with E-state index < -0.39 is 26.7 Å². The fourth-order valence-electron chi connectivity index (χ4n) is 3.33. The van der Waals surface area contributed by atoms with Crippen LogP contribution in [-0.4, -0.2) is 67.7 Å². The van der Waals surface area contributed by atoms with E-state index in [1.807, 2.05) is 4.90 Å². The lowest BCUT2D eigenvalue weighted by Gasteiger charge is -2.33. The molecular formula is C20H23FN4O5S.